The molecule has 1 fully saturated rings. The zero-order valence-electron chi connectivity index (χ0n) is 9.85. The molecule has 4 nitrogen and oxygen atoms in total. The van der Waals surface area contributed by atoms with Crippen LogP contribution in [0.3, 0.4) is 0 Å². The number of nitrogens with one attached hydrogen (secondary N) is 1. The molecular weight excluding hydrogens is 256 g/mol. The highest BCUT2D eigenvalue weighted by Gasteiger charge is 2.27. The third kappa shape index (κ3) is 2.88. The first-order chi connectivity index (χ1) is 8.03. The van der Waals surface area contributed by atoms with E-state index in [1.165, 1.54) is 11.3 Å². The first kappa shape index (κ1) is 13.0. The van der Waals surface area contributed by atoms with Gasteiger partial charge < -0.3 is 5.73 Å². The fourth-order valence-corrected chi connectivity index (χ4v) is 4.93. The summed E-state index contributed by atoms with van der Waals surface area (Å²) in [7, 11) is -3.39. The van der Waals surface area contributed by atoms with Crippen LogP contribution < -0.4 is 10.5 Å². The van der Waals surface area contributed by atoms with E-state index in [-0.39, 0.29) is 12.6 Å². The van der Waals surface area contributed by atoms with Crippen molar-refractivity contribution in [2.45, 2.75) is 43.7 Å². The zero-order chi connectivity index (χ0) is 12.5. The molecule has 1 aromatic heterocycles. The summed E-state index contributed by atoms with van der Waals surface area (Å²) in [6.45, 7) is 2.43. The van der Waals surface area contributed by atoms with Gasteiger partial charge in [-0.1, -0.05) is 6.92 Å². The molecule has 1 heterocycles. The van der Waals surface area contributed by atoms with E-state index in [2.05, 4.69) is 11.6 Å². The second-order valence-corrected chi connectivity index (χ2v) is 7.33. The van der Waals surface area contributed by atoms with Gasteiger partial charge in [0.15, 0.2) is 0 Å². The molecule has 1 saturated carbocycles. The summed E-state index contributed by atoms with van der Waals surface area (Å²) in [4.78, 5) is 1.08. The molecule has 0 radical (unpaired) electrons. The van der Waals surface area contributed by atoms with Gasteiger partial charge in [0.05, 0.1) is 4.90 Å². The second-order valence-electron chi connectivity index (χ2n) is 4.65. The number of nitrogens with two attached hydrogens (primary N) is 1. The smallest absolute Gasteiger partial charge is 0.241 e. The molecule has 0 spiro atoms. The van der Waals surface area contributed by atoms with E-state index in [0.717, 1.165) is 24.1 Å². The van der Waals surface area contributed by atoms with Gasteiger partial charge in [0.25, 0.3) is 0 Å². The third-order valence-electron chi connectivity index (χ3n) is 3.20. The Morgan fingerprint density at radius 1 is 1.53 bits per heavy atom. The lowest BCUT2D eigenvalue weighted by molar-refractivity contribution is 0.538. The maximum absolute atomic E-state index is 12.2. The largest absolute Gasteiger partial charge is 0.326 e. The summed E-state index contributed by atoms with van der Waals surface area (Å²) in [6, 6.07) is 1.72. The highest BCUT2D eigenvalue weighted by atomic mass is 32.2. The molecule has 2 atom stereocenters. The van der Waals surface area contributed by atoms with E-state index >= 15 is 0 Å². The molecule has 2 rings (SSSR count). The lowest BCUT2D eigenvalue weighted by atomic mass is 10.1. The molecular formula is C11H18N2O2S2. The number of hydrogen-bond donors (Lipinski definition) is 2. The molecule has 1 aliphatic rings. The first-order valence-corrected chi connectivity index (χ1v) is 8.18. The number of rotatable bonds is 4. The highest BCUT2D eigenvalue weighted by Crippen LogP contribution is 2.27. The Hall–Kier alpha value is -0.430. The SMILES string of the molecule is CC1CCC(NS(=O)(=O)c2ccsc2CN)C1. The monoisotopic (exact) mass is 274 g/mol. The van der Waals surface area contributed by atoms with Crippen LogP contribution in [0.15, 0.2) is 16.3 Å². The predicted molar refractivity (Wildman–Crippen MR) is 69.3 cm³/mol. The van der Waals surface area contributed by atoms with Gasteiger partial charge >= 0.3 is 0 Å². The molecule has 0 aliphatic heterocycles. The lowest BCUT2D eigenvalue weighted by Gasteiger charge is -2.13. The van der Waals surface area contributed by atoms with Crippen LogP contribution in [0.2, 0.25) is 0 Å². The van der Waals surface area contributed by atoms with E-state index in [0.29, 0.717) is 10.8 Å². The van der Waals surface area contributed by atoms with Gasteiger partial charge in [0, 0.05) is 17.5 Å². The molecule has 6 heteroatoms. The van der Waals surface area contributed by atoms with Gasteiger partial charge in [0.1, 0.15) is 0 Å². The minimum absolute atomic E-state index is 0.0838. The summed E-state index contributed by atoms with van der Waals surface area (Å²) in [5.41, 5.74) is 5.54. The summed E-state index contributed by atoms with van der Waals surface area (Å²) >= 11 is 1.39. The van der Waals surface area contributed by atoms with Crippen molar-refractivity contribution >= 4 is 21.4 Å². The van der Waals surface area contributed by atoms with Crippen molar-refractivity contribution in [3.63, 3.8) is 0 Å². The molecule has 96 valence electrons. The molecule has 0 saturated heterocycles. The van der Waals surface area contributed by atoms with Crippen molar-refractivity contribution in [1.29, 1.82) is 0 Å². The molecule has 1 aromatic rings. The Morgan fingerprint density at radius 3 is 2.88 bits per heavy atom. The van der Waals surface area contributed by atoms with Crippen LogP contribution in [0.25, 0.3) is 0 Å². The second kappa shape index (κ2) is 5.06. The molecule has 0 aromatic carbocycles. The van der Waals surface area contributed by atoms with Crippen molar-refractivity contribution in [3.05, 3.63) is 16.3 Å². The van der Waals surface area contributed by atoms with Gasteiger partial charge in [-0.05, 0) is 36.6 Å². The average Bonchev–Trinajstić information content (AvgIpc) is 2.86. The summed E-state index contributed by atoms with van der Waals surface area (Å²) in [5.74, 6) is 0.610. The van der Waals surface area contributed by atoms with Crippen molar-refractivity contribution in [2.75, 3.05) is 0 Å². The average molecular weight is 274 g/mol. The summed E-state index contributed by atoms with van der Waals surface area (Å²) in [6.07, 6.45) is 2.96. The predicted octanol–water partition coefficient (Wildman–Crippen LogP) is 1.67. The van der Waals surface area contributed by atoms with Crippen molar-refractivity contribution < 1.29 is 8.42 Å². The number of hydrogen-bond acceptors (Lipinski definition) is 4. The van der Waals surface area contributed by atoms with E-state index < -0.39 is 10.0 Å². The Bertz CT molecular complexity index is 481. The summed E-state index contributed by atoms with van der Waals surface area (Å²) in [5, 5.41) is 1.77. The van der Waals surface area contributed by atoms with Crippen LogP contribution in [0, 0.1) is 5.92 Å². The quantitative estimate of drug-likeness (QED) is 0.877. The van der Waals surface area contributed by atoms with Crippen LogP contribution in [0.1, 0.15) is 31.1 Å². The van der Waals surface area contributed by atoms with E-state index in [9.17, 15) is 8.42 Å². The van der Waals surface area contributed by atoms with Crippen molar-refractivity contribution in [2.24, 2.45) is 11.7 Å². The maximum atomic E-state index is 12.2. The van der Waals surface area contributed by atoms with Crippen LogP contribution in [0.5, 0.6) is 0 Å². The van der Waals surface area contributed by atoms with Crippen LogP contribution in [-0.2, 0) is 16.6 Å². The normalized spacial score (nSPS) is 25.3. The molecule has 3 N–H and O–H groups in total. The van der Waals surface area contributed by atoms with Crippen LogP contribution in [0.4, 0.5) is 0 Å². The van der Waals surface area contributed by atoms with Gasteiger partial charge in [-0.2, -0.15) is 0 Å². The minimum Gasteiger partial charge on any atom is -0.326 e. The molecule has 17 heavy (non-hydrogen) atoms. The fraction of sp³-hybridized carbons (Fsp3) is 0.636. The molecule has 1 aliphatic carbocycles. The van der Waals surface area contributed by atoms with Crippen molar-refractivity contribution in [1.82, 2.24) is 4.72 Å². The lowest BCUT2D eigenvalue weighted by Crippen LogP contribution is -2.33. The van der Waals surface area contributed by atoms with Gasteiger partial charge in [-0.25, -0.2) is 13.1 Å². The molecule has 2 unspecified atom stereocenters. The maximum Gasteiger partial charge on any atom is 0.241 e. The Morgan fingerprint density at radius 2 is 2.29 bits per heavy atom. The Labute approximate surface area is 106 Å². The minimum atomic E-state index is -3.39. The molecule has 0 bridgehead atoms. The molecule has 0 amide bonds. The van der Waals surface area contributed by atoms with Gasteiger partial charge in [0.2, 0.25) is 10.0 Å². The Kier molecular flexibility index (Phi) is 3.87. The van der Waals surface area contributed by atoms with Crippen LogP contribution >= 0.6 is 11.3 Å². The van der Waals surface area contributed by atoms with E-state index in [1.54, 1.807) is 11.4 Å². The number of thiophene rings is 1. The topological polar surface area (TPSA) is 72.2 Å². The van der Waals surface area contributed by atoms with E-state index in [4.69, 9.17) is 5.73 Å². The summed E-state index contributed by atoms with van der Waals surface area (Å²) < 4.78 is 27.1. The van der Waals surface area contributed by atoms with Gasteiger partial charge in [-0.15, -0.1) is 11.3 Å². The third-order valence-corrected chi connectivity index (χ3v) is 5.87. The zero-order valence-corrected chi connectivity index (χ0v) is 11.5. The Balaban J connectivity index is 2.14. The highest BCUT2D eigenvalue weighted by molar-refractivity contribution is 7.89. The van der Waals surface area contributed by atoms with Gasteiger partial charge in [-0.3, -0.25) is 0 Å². The van der Waals surface area contributed by atoms with Crippen LogP contribution in [-0.4, -0.2) is 14.5 Å². The fourth-order valence-electron chi connectivity index (χ4n) is 2.31. The number of sulfonamides is 1. The first-order valence-electron chi connectivity index (χ1n) is 5.81. The standard InChI is InChI=1S/C11H18N2O2S2/c1-8-2-3-9(6-8)13-17(14,15)11-4-5-16-10(11)7-12/h4-5,8-9,13H,2-3,6-7,12H2,1H3. The van der Waals surface area contributed by atoms with Crippen molar-refractivity contribution in [3.8, 4) is 0 Å². The van der Waals surface area contributed by atoms with E-state index in [1.807, 2.05) is 0 Å².